The molecule has 0 spiro atoms. The molecule has 70 heavy (non-hydrogen) atoms. The first-order chi connectivity index (χ1) is 33.4. The standard InChI is InChI=1S/C62H59BN5O.Pt/c1-60(2,3)51-19-14-20-52(61(4,5)6)59(51)67-40-66(54-22-9-10-23-55(54)67)46-16-13-17-47(38-46)69-48-25-26-50-49-18-7-8-21-53(49)68(56(50)39-48)58-37-43(27-29-64-58)62(44-33-41-32-42(35-44)36-45(62)34-41)57-24-15-31-65-30-12-11-28-63(57)65;/h7-31,37,40-42,44-45H,32-36H2,1-6H3;/q-3;. The van der Waals surface area contributed by atoms with Gasteiger partial charge in [0.1, 0.15) is 5.82 Å². The Bertz CT molecular complexity index is 3270. The zero-order valence-corrected chi connectivity index (χ0v) is 43.2. The summed E-state index contributed by atoms with van der Waals surface area (Å²) in [5, 5.41) is 2.29. The van der Waals surface area contributed by atoms with Gasteiger partial charge in [0.05, 0.1) is 0 Å². The molecule has 14 rings (SSSR count). The number of nitrogens with zero attached hydrogens (tertiary/aromatic N) is 5. The molecule has 4 saturated carbocycles. The SMILES string of the molecule is CC(C)(C)c1cccc(C(C)(C)C)c1N1[CH-]N(c2[c-]c(Oc3[c-]c4c(cc3)c3ccccc3n4-c3cc(C4(C5=CC=CN6C=CC=CB56)C5CC6CC(C5)CC4C6)ccn3)ccc2)c2ccccc21.[Pt]. The maximum Gasteiger partial charge on any atom is 0.316 e. The van der Waals surface area contributed by atoms with Crippen LogP contribution in [0.2, 0.25) is 0 Å². The van der Waals surface area contributed by atoms with E-state index >= 15 is 0 Å². The van der Waals surface area contributed by atoms with Gasteiger partial charge in [0.25, 0.3) is 0 Å². The van der Waals surface area contributed by atoms with Crippen LogP contribution >= 0.6 is 0 Å². The molecule has 0 amide bonds. The van der Waals surface area contributed by atoms with E-state index < -0.39 is 0 Å². The molecule has 2 aromatic heterocycles. The summed E-state index contributed by atoms with van der Waals surface area (Å²) in [5.74, 6) is 7.50. The topological polar surface area (TPSA) is 36.8 Å². The third-order valence-corrected chi connectivity index (χ3v) is 16.5. The summed E-state index contributed by atoms with van der Waals surface area (Å²) in [6.07, 6.45) is 22.4. The second kappa shape index (κ2) is 16.8. The summed E-state index contributed by atoms with van der Waals surface area (Å²) in [4.78, 5) is 12.3. The first-order valence-electron chi connectivity index (χ1n) is 25.2. The van der Waals surface area contributed by atoms with E-state index in [1.807, 2.05) is 12.1 Å². The van der Waals surface area contributed by atoms with E-state index in [0.29, 0.717) is 23.3 Å². The maximum absolute atomic E-state index is 6.80. The third-order valence-electron chi connectivity index (χ3n) is 16.5. The first kappa shape index (κ1) is 45.1. The van der Waals surface area contributed by atoms with Crippen molar-refractivity contribution >= 4 is 51.4 Å². The largest absolute Gasteiger partial charge is 0.509 e. The zero-order valence-electron chi connectivity index (χ0n) is 41.0. The number of ether oxygens (including phenoxy) is 1. The quantitative estimate of drug-likeness (QED) is 0.117. The number of fused-ring (bicyclic) bond motifs is 5. The van der Waals surface area contributed by atoms with Gasteiger partial charge in [0, 0.05) is 66.8 Å². The molecular weight excluding hydrogens is 1040 g/mol. The fourth-order valence-corrected chi connectivity index (χ4v) is 13.9. The predicted octanol–water partition coefficient (Wildman–Crippen LogP) is 15.2. The van der Waals surface area contributed by atoms with Gasteiger partial charge in [0.2, 0.25) is 0 Å². The molecule has 6 nitrogen and oxygen atoms in total. The van der Waals surface area contributed by atoms with Crippen molar-refractivity contribution in [3.8, 4) is 17.3 Å². The number of anilines is 4. The normalized spacial score (nSPS) is 23.3. The Kier molecular flexibility index (Phi) is 10.8. The van der Waals surface area contributed by atoms with Gasteiger partial charge in [0.15, 0.2) is 0 Å². The number of allylic oxidation sites excluding steroid dienone is 5. The second-order valence-electron chi connectivity index (χ2n) is 22.6. The van der Waals surface area contributed by atoms with Crippen LogP contribution in [-0.4, -0.2) is 21.2 Å². The summed E-state index contributed by atoms with van der Waals surface area (Å²) < 4.78 is 9.12. The van der Waals surface area contributed by atoms with Crippen LogP contribution < -0.4 is 14.5 Å². The van der Waals surface area contributed by atoms with Gasteiger partial charge < -0.3 is 23.9 Å². The Morgan fingerprint density at radius 3 is 2.09 bits per heavy atom. The van der Waals surface area contributed by atoms with Crippen molar-refractivity contribution in [2.75, 3.05) is 9.80 Å². The van der Waals surface area contributed by atoms with Gasteiger partial charge in [-0.1, -0.05) is 119 Å². The summed E-state index contributed by atoms with van der Waals surface area (Å²) in [6.45, 7) is 16.3. The molecule has 0 saturated heterocycles. The summed E-state index contributed by atoms with van der Waals surface area (Å²) in [7, 11) is 0. The number of benzene rings is 5. The molecule has 0 unspecified atom stereocenters. The fraction of sp³-hybridized carbons (Fsp3) is 0.290. The monoisotopic (exact) mass is 1100 g/mol. The smallest absolute Gasteiger partial charge is 0.316 e. The molecule has 4 fully saturated rings. The minimum atomic E-state index is -0.0684. The number of pyridine rings is 1. The van der Waals surface area contributed by atoms with Crippen LogP contribution in [0.25, 0.3) is 27.6 Å². The Morgan fingerprint density at radius 2 is 1.34 bits per heavy atom. The van der Waals surface area contributed by atoms with Crippen LogP contribution in [0.5, 0.6) is 11.5 Å². The van der Waals surface area contributed by atoms with E-state index in [4.69, 9.17) is 9.72 Å². The Morgan fingerprint density at radius 1 is 0.671 bits per heavy atom. The number of rotatable bonds is 7. The molecule has 5 heterocycles. The van der Waals surface area contributed by atoms with Crippen LogP contribution in [0.15, 0.2) is 164 Å². The minimum absolute atomic E-state index is 0. The molecular formula is C62H59BN5OPt-3. The summed E-state index contributed by atoms with van der Waals surface area (Å²) in [5.41, 5.74) is 11.8. The Balaban J connectivity index is 0.00000505. The molecule has 7 aliphatic rings. The van der Waals surface area contributed by atoms with Crippen LogP contribution in [0.4, 0.5) is 22.7 Å². The van der Waals surface area contributed by atoms with E-state index in [0.717, 1.165) is 51.1 Å². The molecule has 3 aliphatic heterocycles. The van der Waals surface area contributed by atoms with E-state index in [2.05, 4.69) is 225 Å². The number of hydrogen-bond donors (Lipinski definition) is 0. The van der Waals surface area contributed by atoms with Gasteiger partial charge in [-0.2, -0.15) is 12.1 Å². The van der Waals surface area contributed by atoms with E-state index in [1.54, 1.807) is 5.47 Å². The van der Waals surface area contributed by atoms with Crippen molar-refractivity contribution < 1.29 is 25.8 Å². The van der Waals surface area contributed by atoms with E-state index in [-0.39, 0.29) is 44.2 Å². The van der Waals surface area contributed by atoms with Gasteiger partial charge in [-0.05, 0) is 144 Å². The molecule has 8 heteroatoms. The van der Waals surface area contributed by atoms with Gasteiger partial charge in [-0.15, -0.1) is 48.1 Å². The van der Waals surface area contributed by atoms with Crippen LogP contribution in [-0.2, 0) is 37.3 Å². The van der Waals surface area contributed by atoms with Gasteiger partial charge in [-0.3, -0.25) is 0 Å². The van der Waals surface area contributed by atoms with Crippen molar-refractivity contribution in [3.63, 3.8) is 0 Å². The van der Waals surface area contributed by atoms with Gasteiger partial charge in [-0.25, -0.2) is 4.98 Å². The average Bonchev–Trinajstić information content (AvgIpc) is 3.89. The second-order valence-corrected chi connectivity index (χ2v) is 22.6. The van der Waals surface area contributed by atoms with Crippen molar-refractivity contribution in [2.45, 2.75) is 89.9 Å². The fourth-order valence-electron chi connectivity index (χ4n) is 13.9. The summed E-state index contributed by atoms with van der Waals surface area (Å²) >= 11 is 0. The number of para-hydroxylation sites is 4. The number of aromatic nitrogens is 2. The average molecular weight is 1100 g/mol. The van der Waals surface area contributed by atoms with Gasteiger partial charge >= 0.3 is 6.85 Å². The predicted molar refractivity (Wildman–Crippen MR) is 283 cm³/mol. The maximum atomic E-state index is 6.80. The van der Waals surface area contributed by atoms with Crippen LogP contribution in [0.3, 0.4) is 0 Å². The summed E-state index contributed by atoms with van der Waals surface area (Å²) in [6, 6.07) is 46.8. The van der Waals surface area contributed by atoms with E-state index in [1.165, 1.54) is 59.9 Å². The van der Waals surface area contributed by atoms with Crippen molar-refractivity contribution in [1.29, 1.82) is 0 Å². The van der Waals surface area contributed by atoms with Crippen LogP contribution in [0, 0.1) is 42.5 Å². The Labute approximate surface area is 428 Å². The Hall–Kier alpha value is -6.04. The van der Waals surface area contributed by atoms with Crippen molar-refractivity contribution in [2.24, 2.45) is 23.7 Å². The minimum Gasteiger partial charge on any atom is -0.509 e. The molecule has 7 aromatic rings. The van der Waals surface area contributed by atoms with E-state index in [9.17, 15) is 0 Å². The van der Waals surface area contributed by atoms with Crippen molar-refractivity contribution in [3.05, 3.63) is 199 Å². The molecule has 354 valence electrons. The number of hydrogen-bond acceptors (Lipinski definition) is 5. The third kappa shape index (κ3) is 7.11. The van der Waals surface area contributed by atoms with Crippen molar-refractivity contribution in [1.82, 2.24) is 14.4 Å². The molecule has 5 aromatic carbocycles. The molecule has 4 bridgehead atoms. The zero-order chi connectivity index (χ0) is 46.8. The molecule has 4 aliphatic carbocycles. The molecule has 0 atom stereocenters. The van der Waals surface area contributed by atoms with Crippen LogP contribution in [0.1, 0.15) is 90.3 Å². The molecule has 0 radical (unpaired) electrons. The first-order valence-corrected chi connectivity index (χ1v) is 25.2. The molecule has 0 N–H and O–H groups in total.